The number of anilines is 1. The molecule has 0 atom stereocenters. The molecule has 0 saturated carbocycles. The van der Waals surface area contributed by atoms with Crippen LogP contribution >= 0.6 is 11.3 Å². The molecule has 28 heavy (non-hydrogen) atoms. The molecule has 3 amide bonds. The smallest absolute Gasteiger partial charge is 0.321 e. The summed E-state index contributed by atoms with van der Waals surface area (Å²) in [5.41, 5.74) is 1.43. The van der Waals surface area contributed by atoms with Gasteiger partial charge in [0.05, 0.1) is 4.88 Å². The van der Waals surface area contributed by atoms with Gasteiger partial charge in [-0.05, 0) is 36.8 Å². The topological polar surface area (TPSA) is 52.7 Å². The third-order valence-corrected chi connectivity index (χ3v) is 6.22. The first-order chi connectivity index (χ1) is 13.5. The van der Waals surface area contributed by atoms with Crippen LogP contribution in [0.5, 0.6) is 0 Å². The highest BCUT2D eigenvalue weighted by Gasteiger charge is 2.27. The van der Waals surface area contributed by atoms with Gasteiger partial charge in [-0.25, -0.2) is 9.18 Å². The van der Waals surface area contributed by atoms with E-state index in [4.69, 9.17) is 0 Å². The number of nitrogens with one attached hydrogen (secondary N) is 1. The number of para-hydroxylation sites is 1. The molecule has 0 unspecified atom stereocenters. The average Bonchev–Trinajstić information content (AvgIpc) is 3.06. The summed E-state index contributed by atoms with van der Waals surface area (Å²) in [4.78, 5) is 29.4. The van der Waals surface area contributed by atoms with Crippen molar-refractivity contribution in [3.8, 4) is 0 Å². The molecule has 1 aliphatic rings. The Balaban J connectivity index is 1.42. The van der Waals surface area contributed by atoms with E-state index in [1.165, 1.54) is 17.4 Å². The fourth-order valence-electron chi connectivity index (χ4n) is 3.44. The summed E-state index contributed by atoms with van der Waals surface area (Å²) in [5.74, 6) is -0.395. The number of rotatable bonds is 2. The first kappa shape index (κ1) is 18.4. The van der Waals surface area contributed by atoms with Crippen LogP contribution in [0.1, 0.15) is 15.2 Å². The maximum Gasteiger partial charge on any atom is 0.321 e. The minimum Gasteiger partial charge on any atom is -0.334 e. The monoisotopic (exact) mass is 397 g/mol. The number of urea groups is 1. The molecular weight excluding hydrogens is 377 g/mol. The van der Waals surface area contributed by atoms with E-state index in [1.54, 1.807) is 22.8 Å². The van der Waals surface area contributed by atoms with E-state index in [9.17, 15) is 14.0 Å². The molecule has 0 spiro atoms. The Bertz CT molecular complexity index is 1030. The summed E-state index contributed by atoms with van der Waals surface area (Å²) in [6.07, 6.45) is 0. The normalized spacial score (nSPS) is 14.4. The number of thiophene rings is 1. The van der Waals surface area contributed by atoms with Crippen molar-refractivity contribution in [3.63, 3.8) is 0 Å². The zero-order chi connectivity index (χ0) is 19.7. The van der Waals surface area contributed by atoms with Crippen LogP contribution in [0.25, 0.3) is 10.1 Å². The van der Waals surface area contributed by atoms with Crippen LogP contribution in [-0.2, 0) is 0 Å². The van der Waals surface area contributed by atoms with Crippen molar-refractivity contribution < 1.29 is 14.0 Å². The van der Waals surface area contributed by atoms with Crippen LogP contribution in [0.4, 0.5) is 14.9 Å². The Hall–Kier alpha value is -2.93. The second kappa shape index (κ2) is 7.59. The van der Waals surface area contributed by atoms with E-state index in [0.717, 1.165) is 10.4 Å². The van der Waals surface area contributed by atoms with Crippen molar-refractivity contribution in [3.05, 3.63) is 64.8 Å². The van der Waals surface area contributed by atoms with Gasteiger partial charge in [0, 0.05) is 42.0 Å². The lowest BCUT2D eigenvalue weighted by atomic mass is 10.1. The minimum absolute atomic E-state index is 0.0961. The lowest BCUT2D eigenvalue weighted by Gasteiger charge is -2.34. The third-order valence-electron chi connectivity index (χ3n) is 4.98. The van der Waals surface area contributed by atoms with E-state index >= 15 is 0 Å². The van der Waals surface area contributed by atoms with Crippen molar-refractivity contribution in [2.75, 3.05) is 31.5 Å². The van der Waals surface area contributed by atoms with Gasteiger partial charge >= 0.3 is 6.03 Å². The van der Waals surface area contributed by atoms with Crippen LogP contribution < -0.4 is 5.32 Å². The number of piperazine rings is 1. The summed E-state index contributed by atoms with van der Waals surface area (Å²) in [6.45, 7) is 3.62. The lowest BCUT2D eigenvalue weighted by Crippen LogP contribution is -2.51. The van der Waals surface area contributed by atoms with Gasteiger partial charge in [-0.1, -0.05) is 24.3 Å². The second-order valence-electron chi connectivity index (χ2n) is 6.74. The van der Waals surface area contributed by atoms with Gasteiger partial charge < -0.3 is 15.1 Å². The van der Waals surface area contributed by atoms with Crippen LogP contribution in [0, 0.1) is 12.7 Å². The van der Waals surface area contributed by atoms with E-state index in [2.05, 4.69) is 5.32 Å². The summed E-state index contributed by atoms with van der Waals surface area (Å²) in [5, 5.41) is 3.39. The maximum atomic E-state index is 14.1. The number of hydrogen-bond donors (Lipinski definition) is 1. The van der Waals surface area contributed by atoms with E-state index in [-0.39, 0.29) is 17.8 Å². The van der Waals surface area contributed by atoms with Crippen molar-refractivity contribution in [1.82, 2.24) is 9.80 Å². The number of halogens is 1. The number of carbonyl (C=O) groups excluding carboxylic acids is 2. The molecule has 3 aromatic rings. The Morgan fingerprint density at radius 2 is 1.64 bits per heavy atom. The number of amides is 3. The van der Waals surface area contributed by atoms with Gasteiger partial charge in [0.15, 0.2) is 0 Å². The molecular formula is C21H20FN3O2S. The second-order valence-corrected chi connectivity index (χ2v) is 7.80. The highest BCUT2D eigenvalue weighted by atomic mass is 32.1. The molecule has 5 nitrogen and oxygen atoms in total. The first-order valence-corrected chi connectivity index (χ1v) is 9.94. The van der Waals surface area contributed by atoms with Gasteiger partial charge in [-0.2, -0.15) is 0 Å². The lowest BCUT2D eigenvalue weighted by molar-refractivity contribution is 0.0676. The standard InChI is InChI=1S/C21H20FN3O2S/c1-14-18-16(22)8-5-9-17(18)28-19(14)20(26)24-10-12-25(13-11-24)21(27)23-15-6-3-2-4-7-15/h2-9H,10-13H2,1H3,(H,23,27). The van der Waals surface area contributed by atoms with Gasteiger partial charge in [-0.3, -0.25) is 4.79 Å². The van der Waals surface area contributed by atoms with Crippen LogP contribution in [-0.4, -0.2) is 47.9 Å². The van der Waals surface area contributed by atoms with Crippen molar-refractivity contribution >= 4 is 39.0 Å². The fourth-order valence-corrected chi connectivity index (χ4v) is 4.63. The average molecular weight is 397 g/mol. The summed E-state index contributed by atoms with van der Waals surface area (Å²) < 4.78 is 14.9. The Morgan fingerprint density at radius 3 is 2.32 bits per heavy atom. The van der Waals surface area contributed by atoms with Gasteiger partial charge in [0.2, 0.25) is 0 Å². The molecule has 0 aliphatic carbocycles. The molecule has 144 valence electrons. The van der Waals surface area contributed by atoms with Crippen molar-refractivity contribution in [1.29, 1.82) is 0 Å². The predicted molar refractivity (Wildman–Crippen MR) is 109 cm³/mol. The van der Waals surface area contributed by atoms with Crippen LogP contribution in [0.2, 0.25) is 0 Å². The predicted octanol–water partition coefficient (Wildman–Crippen LogP) is 4.34. The minimum atomic E-state index is -0.298. The Morgan fingerprint density at radius 1 is 0.964 bits per heavy atom. The molecule has 0 radical (unpaired) electrons. The molecule has 1 N–H and O–H groups in total. The molecule has 4 rings (SSSR count). The van der Waals surface area contributed by atoms with Gasteiger partial charge in [0.1, 0.15) is 5.82 Å². The number of benzene rings is 2. The largest absolute Gasteiger partial charge is 0.334 e. The third kappa shape index (κ3) is 3.45. The quantitative estimate of drug-likeness (QED) is 0.699. The van der Waals surface area contributed by atoms with Crippen LogP contribution in [0.3, 0.4) is 0 Å². The first-order valence-electron chi connectivity index (χ1n) is 9.12. The zero-order valence-electron chi connectivity index (χ0n) is 15.4. The highest BCUT2D eigenvalue weighted by Crippen LogP contribution is 2.33. The zero-order valence-corrected chi connectivity index (χ0v) is 16.3. The molecule has 1 aliphatic heterocycles. The maximum absolute atomic E-state index is 14.1. The molecule has 2 aromatic carbocycles. The number of hydrogen-bond acceptors (Lipinski definition) is 3. The molecule has 1 aromatic heterocycles. The van der Waals surface area contributed by atoms with Gasteiger partial charge in [-0.15, -0.1) is 11.3 Å². The van der Waals surface area contributed by atoms with E-state index in [1.807, 2.05) is 36.4 Å². The summed E-state index contributed by atoms with van der Waals surface area (Å²) in [6, 6.07) is 14.0. The van der Waals surface area contributed by atoms with Crippen LogP contribution in [0.15, 0.2) is 48.5 Å². The highest BCUT2D eigenvalue weighted by molar-refractivity contribution is 7.21. The fraction of sp³-hybridized carbons (Fsp3) is 0.238. The Labute approximate surface area is 166 Å². The molecule has 0 bridgehead atoms. The van der Waals surface area contributed by atoms with E-state index in [0.29, 0.717) is 42.0 Å². The molecule has 1 fully saturated rings. The Kier molecular flexibility index (Phi) is 5.00. The van der Waals surface area contributed by atoms with Crippen molar-refractivity contribution in [2.45, 2.75) is 6.92 Å². The number of nitrogens with zero attached hydrogens (tertiary/aromatic N) is 2. The van der Waals surface area contributed by atoms with E-state index < -0.39 is 0 Å². The van der Waals surface area contributed by atoms with Gasteiger partial charge in [0.25, 0.3) is 5.91 Å². The molecule has 1 saturated heterocycles. The summed E-state index contributed by atoms with van der Waals surface area (Å²) >= 11 is 1.32. The number of carbonyl (C=O) groups is 2. The summed E-state index contributed by atoms with van der Waals surface area (Å²) in [7, 11) is 0. The molecule has 7 heteroatoms. The molecule has 2 heterocycles. The number of fused-ring (bicyclic) bond motifs is 1. The van der Waals surface area contributed by atoms with Crippen molar-refractivity contribution in [2.24, 2.45) is 0 Å². The number of aryl methyl sites for hydroxylation is 1. The SMILES string of the molecule is Cc1c(C(=O)N2CCN(C(=O)Nc3ccccc3)CC2)sc2cccc(F)c12.